The molecule has 0 saturated heterocycles. The fourth-order valence-electron chi connectivity index (χ4n) is 0.370. The number of aliphatic hydroxyl groups is 2. The van der Waals surface area contributed by atoms with Crippen LogP contribution in [-0.4, -0.2) is 49.7 Å². The Morgan fingerprint density at radius 2 is 1.53 bits per heavy atom. The molecule has 0 spiro atoms. The highest BCUT2D eigenvalue weighted by Crippen LogP contribution is 1.71. The summed E-state index contributed by atoms with van der Waals surface area (Å²) in [5.74, 6) is 0. The topological polar surface area (TPSA) is 76.0 Å². The summed E-state index contributed by atoms with van der Waals surface area (Å²) in [6.07, 6.45) is 0.902. The van der Waals surface area contributed by atoms with E-state index in [1.165, 1.54) is 0 Å². The van der Waals surface area contributed by atoms with Crippen LogP contribution in [-0.2, 0) is 14.3 Å². The van der Waals surface area contributed by atoms with E-state index in [-0.39, 0.29) is 13.2 Å². The van der Waals surface area contributed by atoms with Crippen molar-refractivity contribution in [2.24, 2.45) is 0 Å². The normalized spacial score (nSPS) is 7.80. The molecular weight excluding hydrogens is 200 g/mol. The van der Waals surface area contributed by atoms with Gasteiger partial charge >= 0.3 is 0 Å². The van der Waals surface area contributed by atoms with Crippen molar-refractivity contribution in [1.82, 2.24) is 0 Å². The Hall–Kier alpha value is -0.650. The lowest BCUT2D eigenvalue weighted by atomic mass is 10.5. The fraction of sp³-hybridized carbons (Fsp3) is 0.900. The first-order valence-corrected chi connectivity index (χ1v) is 5.09. The molecule has 2 N–H and O–H groups in total. The summed E-state index contributed by atoms with van der Waals surface area (Å²) in [5, 5.41) is 15.2. The van der Waals surface area contributed by atoms with Crippen LogP contribution in [0.3, 0.4) is 0 Å². The van der Waals surface area contributed by atoms with Gasteiger partial charge in [0.15, 0.2) is 0 Å². The van der Waals surface area contributed by atoms with Gasteiger partial charge in [-0.2, -0.15) is 0 Å². The lowest BCUT2D eigenvalue weighted by Crippen LogP contribution is -1.86. The first kappa shape index (κ1) is 19.9. The van der Waals surface area contributed by atoms with Crippen molar-refractivity contribution in [2.45, 2.75) is 27.2 Å². The maximum atomic E-state index is 9.34. The number of aliphatic hydroxyl groups excluding tert-OH is 2. The van der Waals surface area contributed by atoms with Crippen molar-refractivity contribution in [3.05, 3.63) is 0 Å². The zero-order chi connectivity index (χ0) is 12.4. The Labute approximate surface area is 92.0 Å². The van der Waals surface area contributed by atoms with E-state index in [2.05, 4.69) is 4.74 Å². The summed E-state index contributed by atoms with van der Waals surface area (Å²) >= 11 is 0. The summed E-state index contributed by atoms with van der Waals surface area (Å²) in [4.78, 5) is 9.34. The molecule has 0 fully saturated rings. The van der Waals surface area contributed by atoms with Gasteiger partial charge in [-0.25, -0.2) is 0 Å². The van der Waals surface area contributed by atoms with Crippen LogP contribution in [0.4, 0.5) is 0 Å². The van der Waals surface area contributed by atoms with Gasteiger partial charge in [-0.05, 0) is 20.3 Å². The molecule has 5 nitrogen and oxygen atoms in total. The minimum atomic E-state index is -0.125. The van der Waals surface area contributed by atoms with Crippen molar-refractivity contribution in [3.63, 3.8) is 0 Å². The second kappa shape index (κ2) is 29.2. The summed E-state index contributed by atoms with van der Waals surface area (Å²) in [7, 11) is 0. The first-order chi connectivity index (χ1) is 7.24. The maximum absolute atomic E-state index is 9.34. The molecule has 0 rings (SSSR count). The highest BCUT2D eigenvalue weighted by molar-refractivity contribution is 5.36. The highest BCUT2D eigenvalue weighted by Gasteiger charge is 1.71. The van der Waals surface area contributed by atoms with E-state index in [0.717, 1.165) is 19.6 Å². The summed E-state index contributed by atoms with van der Waals surface area (Å²) in [6, 6.07) is 0. The zero-order valence-electron chi connectivity index (χ0n) is 9.94. The molecule has 0 amide bonds. The Kier molecular flexibility index (Phi) is 38.7. The molecule has 0 saturated carbocycles. The number of rotatable bonds is 6. The van der Waals surface area contributed by atoms with Gasteiger partial charge in [-0.1, -0.05) is 6.92 Å². The van der Waals surface area contributed by atoms with E-state index in [1.54, 1.807) is 0 Å². The molecule has 0 aliphatic carbocycles. The van der Waals surface area contributed by atoms with Crippen LogP contribution in [0.5, 0.6) is 0 Å². The van der Waals surface area contributed by atoms with Gasteiger partial charge in [0, 0.05) is 13.2 Å². The van der Waals surface area contributed by atoms with Crippen LogP contribution in [0.25, 0.3) is 0 Å². The molecular formula is C10H24O5. The standard InChI is InChI=1S/C4H8O2.C4H10O.C2H6O2/c1-2-3-6-4-5;1-3-5-4-2;3-1-2-4/h4H,2-3H2,1H3;3-4H2,1-2H3;3-4H,1-2H2. The lowest BCUT2D eigenvalue weighted by Gasteiger charge is -1.86. The summed E-state index contributed by atoms with van der Waals surface area (Å²) < 4.78 is 9.14. The van der Waals surface area contributed by atoms with Crippen molar-refractivity contribution < 1.29 is 24.5 Å². The van der Waals surface area contributed by atoms with Gasteiger partial charge < -0.3 is 19.7 Å². The molecule has 0 bridgehead atoms. The minimum Gasteiger partial charge on any atom is -0.468 e. The predicted octanol–water partition coefficient (Wildman–Crippen LogP) is 0.583. The molecule has 0 aromatic carbocycles. The van der Waals surface area contributed by atoms with E-state index >= 15 is 0 Å². The summed E-state index contributed by atoms with van der Waals surface area (Å²) in [5.41, 5.74) is 0. The molecule has 0 heterocycles. The second-order valence-corrected chi connectivity index (χ2v) is 2.20. The van der Waals surface area contributed by atoms with E-state index in [9.17, 15) is 4.79 Å². The Balaban J connectivity index is -0.000000147. The molecule has 94 valence electrons. The second-order valence-electron chi connectivity index (χ2n) is 2.20. The molecule has 0 aliphatic rings. The van der Waals surface area contributed by atoms with Crippen LogP contribution < -0.4 is 0 Å². The largest absolute Gasteiger partial charge is 0.468 e. The molecule has 15 heavy (non-hydrogen) atoms. The Morgan fingerprint density at radius 3 is 1.60 bits per heavy atom. The third-order valence-corrected chi connectivity index (χ3v) is 0.898. The molecule has 0 unspecified atom stereocenters. The quantitative estimate of drug-likeness (QED) is 0.510. The van der Waals surface area contributed by atoms with E-state index in [0.29, 0.717) is 13.1 Å². The number of hydrogen-bond donors (Lipinski definition) is 2. The van der Waals surface area contributed by atoms with Crippen LogP contribution >= 0.6 is 0 Å². The first-order valence-electron chi connectivity index (χ1n) is 5.09. The van der Waals surface area contributed by atoms with Crippen LogP contribution in [0, 0.1) is 0 Å². The van der Waals surface area contributed by atoms with Gasteiger partial charge in [0.05, 0.1) is 19.8 Å². The Morgan fingerprint density at radius 1 is 1.07 bits per heavy atom. The maximum Gasteiger partial charge on any atom is 0.293 e. The average Bonchev–Trinajstić information content (AvgIpc) is 2.28. The SMILES string of the molecule is CCCOC=O.CCOCC.OCCO. The van der Waals surface area contributed by atoms with Gasteiger partial charge in [-0.3, -0.25) is 4.79 Å². The van der Waals surface area contributed by atoms with Crippen LogP contribution in [0.2, 0.25) is 0 Å². The lowest BCUT2D eigenvalue weighted by molar-refractivity contribution is -0.128. The number of hydrogen-bond acceptors (Lipinski definition) is 5. The average molecular weight is 224 g/mol. The molecule has 0 aliphatic heterocycles. The number of ether oxygens (including phenoxy) is 2. The van der Waals surface area contributed by atoms with Crippen LogP contribution in [0.1, 0.15) is 27.2 Å². The Bertz CT molecular complexity index is 83.9. The van der Waals surface area contributed by atoms with E-state index in [1.807, 2.05) is 20.8 Å². The molecule has 0 aromatic heterocycles. The highest BCUT2D eigenvalue weighted by atomic mass is 16.5. The predicted molar refractivity (Wildman–Crippen MR) is 58.6 cm³/mol. The van der Waals surface area contributed by atoms with Crippen molar-refractivity contribution in [2.75, 3.05) is 33.0 Å². The fourth-order valence-corrected chi connectivity index (χ4v) is 0.370. The third-order valence-electron chi connectivity index (χ3n) is 0.898. The number of carbonyl (C=O) groups is 1. The third kappa shape index (κ3) is 60.1. The minimum absolute atomic E-state index is 0.125. The molecule has 0 atom stereocenters. The van der Waals surface area contributed by atoms with Gasteiger partial charge in [0.1, 0.15) is 0 Å². The monoisotopic (exact) mass is 224 g/mol. The van der Waals surface area contributed by atoms with Crippen LogP contribution in [0.15, 0.2) is 0 Å². The van der Waals surface area contributed by atoms with Gasteiger partial charge in [0.25, 0.3) is 6.47 Å². The van der Waals surface area contributed by atoms with Gasteiger partial charge in [0.2, 0.25) is 0 Å². The molecule has 0 radical (unpaired) electrons. The van der Waals surface area contributed by atoms with Crippen molar-refractivity contribution >= 4 is 6.47 Å². The zero-order valence-corrected chi connectivity index (χ0v) is 9.94. The number of carbonyl (C=O) groups excluding carboxylic acids is 1. The van der Waals surface area contributed by atoms with E-state index in [4.69, 9.17) is 14.9 Å². The van der Waals surface area contributed by atoms with Crippen molar-refractivity contribution in [1.29, 1.82) is 0 Å². The molecule has 0 aromatic rings. The van der Waals surface area contributed by atoms with Crippen molar-refractivity contribution in [3.8, 4) is 0 Å². The van der Waals surface area contributed by atoms with E-state index < -0.39 is 0 Å². The van der Waals surface area contributed by atoms with Gasteiger partial charge in [-0.15, -0.1) is 0 Å². The summed E-state index contributed by atoms with van der Waals surface area (Å²) in [6.45, 7) is 8.37. The smallest absolute Gasteiger partial charge is 0.293 e. The molecule has 5 heteroatoms.